The van der Waals surface area contributed by atoms with E-state index in [1.807, 2.05) is 0 Å². The first-order chi connectivity index (χ1) is 7.66. The molecular weight excluding hydrogens is 228 g/mol. The number of ether oxygens (including phenoxy) is 1. The third-order valence-electron chi connectivity index (χ3n) is 2.47. The van der Waals surface area contributed by atoms with Crippen LogP contribution in [-0.4, -0.2) is 18.6 Å². The van der Waals surface area contributed by atoms with Crippen LogP contribution in [0.25, 0.3) is 0 Å². The number of hydrogen-bond donors (Lipinski definition) is 2. The lowest BCUT2D eigenvalue weighted by Gasteiger charge is -2.11. The van der Waals surface area contributed by atoms with Crippen molar-refractivity contribution in [2.75, 3.05) is 17.7 Å². The summed E-state index contributed by atoms with van der Waals surface area (Å²) < 4.78 is 5.27. The number of carbonyl (C=O) groups excluding carboxylic acids is 1. The van der Waals surface area contributed by atoms with E-state index in [9.17, 15) is 4.79 Å². The van der Waals surface area contributed by atoms with E-state index in [1.54, 1.807) is 18.2 Å². The van der Waals surface area contributed by atoms with Crippen molar-refractivity contribution in [3.8, 4) is 0 Å². The number of amides is 1. The summed E-state index contributed by atoms with van der Waals surface area (Å²) in [5.41, 5.74) is 6.71. The van der Waals surface area contributed by atoms with Gasteiger partial charge in [-0.3, -0.25) is 4.79 Å². The number of halogens is 1. The Bertz CT molecular complexity index is 403. The van der Waals surface area contributed by atoms with Crippen molar-refractivity contribution in [3.63, 3.8) is 0 Å². The van der Waals surface area contributed by atoms with E-state index in [2.05, 4.69) is 5.32 Å². The zero-order valence-corrected chi connectivity index (χ0v) is 9.46. The van der Waals surface area contributed by atoms with Crippen LogP contribution in [0.15, 0.2) is 18.2 Å². The molecule has 0 radical (unpaired) electrons. The molecular formula is C11H13ClN2O2. The van der Waals surface area contributed by atoms with Crippen LogP contribution >= 0.6 is 11.6 Å². The van der Waals surface area contributed by atoms with Gasteiger partial charge in [0.15, 0.2) is 0 Å². The van der Waals surface area contributed by atoms with E-state index in [0.29, 0.717) is 23.0 Å². The molecule has 0 spiro atoms. The molecule has 1 fully saturated rings. The lowest BCUT2D eigenvalue weighted by Crippen LogP contribution is -2.27. The molecule has 0 unspecified atom stereocenters. The van der Waals surface area contributed by atoms with Gasteiger partial charge >= 0.3 is 0 Å². The monoisotopic (exact) mass is 240 g/mol. The summed E-state index contributed by atoms with van der Waals surface area (Å²) >= 11 is 5.94. The fourth-order valence-electron chi connectivity index (χ4n) is 1.64. The molecule has 1 aromatic carbocycles. The minimum Gasteiger partial charge on any atom is -0.399 e. The molecule has 0 aromatic heterocycles. The first-order valence-electron chi connectivity index (χ1n) is 5.14. The normalized spacial score (nSPS) is 19.7. The number of carbonyl (C=O) groups is 1. The summed E-state index contributed by atoms with van der Waals surface area (Å²) in [5.74, 6) is -0.162. The van der Waals surface area contributed by atoms with Gasteiger partial charge in [-0.25, -0.2) is 0 Å². The Balaban J connectivity index is 2.07. The lowest BCUT2D eigenvalue weighted by molar-refractivity contribution is -0.124. The number of nitrogen functional groups attached to an aromatic ring is 1. The van der Waals surface area contributed by atoms with Gasteiger partial charge in [0.2, 0.25) is 0 Å². The predicted octanol–water partition coefficient (Wildman–Crippen LogP) is 2.04. The minimum atomic E-state index is -0.363. The van der Waals surface area contributed by atoms with E-state index in [0.717, 1.165) is 12.8 Å². The van der Waals surface area contributed by atoms with Gasteiger partial charge in [0, 0.05) is 12.3 Å². The maximum atomic E-state index is 11.7. The minimum absolute atomic E-state index is 0.162. The highest BCUT2D eigenvalue weighted by Crippen LogP contribution is 2.25. The van der Waals surface area contributed by atoms with Crippen LogP contribution in [0.3, 0.4) is 0 Å². The van der Waals surface area contributed by atoms with Crippen LogP contribution in [-0.2, 0) is 9.53 Å². The quantitative estimate of drug-likeness (QED) is 0.778. The van der Waals surface area contributed by atoms with Crippen molar-refractivity contribution < 1.29 is 9.53 Å². The van der Waals surface area contributed by atoms with Crippen LogP contribution in [0.2, 0.25) is 5.02 Å². The van der Waals surface area contributed by atoms with E-state index in [-0.39, 0.29) is 12.0 Å². The van der Waals surface area contributed by atoms with Gasteiger partial charge in [-0.2, -0.15) is 0 Å². The van der Waals surface area contributed by atoms with Gasteiger partial charge in [0.05, 0.1) is 10.7 Å². The molecule has 5 heteroatoms. The summed E-state index contributed by atoms with van der Waals surface area (Å²) in [6.45, 7) is 0.642. The highest BCUT2D eigenvalue weighted by molar-refractivity contribution is 6.33. The van der Waals surface area contributed by atoms with E-state index in [4.69, 9.17) is 22.1 Å². The smallest absolute Gasteiger partial charge is 0.253 e. The fourth-order valence-corrected chi connectivity index (χ4v) is 1.80. The zero-order chi connectivity index (χ0) is 11.5. The van der Waals surface area contributed by atoms with Crippen molar-refractivity contribution in [2.24, 2.45) is 0 Å². The van der Waals surface area contributed by atoms with Crippen LogP contribution in [0, 0.1) is 0 Å². The molecule has 0 bridgehead atoms. The molecule has 1 heterocycles. The van der Waals surface area contributed by atoms with Gasteiger partial charge in [0.1, 0.15) is 6.10 Å². The number of hydrogen-bond acceptors (Lipinski definition) is 3. The van der Waals surface area contributed by atoms with Crippen LogP contribution in [0.4, 0.5) is 11.4 Å². The molecule has 0 saturated carbocycles. The molecule has 1 atom stereocenters. The predicted molar refractivity (Wildman–Crippen MR) is 63.5 cm³/mol. The Kier molecular flexibility index (Phi) is 3.31. The second-order valence-electron chi connectivity index (χ2n) is 3.73. The molecule has 4 nitrogen and oxygen atoms in total. The Hall–Kier alpha value is -1.26. The number of nitrogens with one attached hydrogen (secondary N) is 1. The van der Waals surface area contributed by atoms with Gasteiger partial charge in [-0.15, -0.1) is 0 Å². The van der Waals surface area contributed by atoms with Gasteiger partial charge in [-0.1, -0.05) is 11.6 Å². The van der Waals surface area contributed by atoms with Crippen molar-refractivity contribution >= 4 is 28.9 Å². The molecule has 16 heavy (non-hydrogen) atoms. The average molecular weight is 241 g/mol. The number of rotatable bonds is 2. The lowest BCUT2D eigenvalue weighted by atomic mass is 10.2. The SMILES string of the molecule is Nc1ccc(Cl)c(NC(=O)[C@@H]2CCCO2)c1. The standard InChI is InChI=1S/C11H13ClN2O2/c12-8-4-3-7(13)6-9(8)14-11(15)10-2-1-5-16-10/h3-4,6,10H,1-2,5,13H2,(H,14,15)/t10-/m0/s1. The first-order valence-corrected chi connectivity index (χ1v) is 5.52. The topological polar surface area (TPSA) is 64.3 Å². The van der Waals surface area contributed by atoms with E-state index >= 15 is 0 Å². The zero-order valence-electron chi connectivity index (χ0n) is 8.70. The maximum Gasteiger partial charge on any atom is 0.253 e. The molecule has 0 aliphatic carbocycles. The Morgan fingerprint density at radius 1 is 1.56 bits per heavy atom. The fraction of sp³-hybridized carbons (Fsp3) is 0.364. The Morgan fingerprint density at radius 3 is 3.06 bits per heavy atom. The highest BCUT2D eigenvalue weighted by Gasteiger charge is 2.23. The summed E-state index contributed by atoms with van der Waals surface area (Å²) in [7, 11) is 0. The molecule has 1 amide bonds. The molecule has 2 rings (SSSR count). The highest BCUT2D eigenvalue weighted by atomic mass is 35.5. The molecule has 1 saturated heterocycles. The molecule has 86 valence electrons. The third-order valence-corrected chi connectivity index (χ3v) is 2.80. The van der Waals surface area contributed by atoms with Gasteiger partial charge < -0.3 is 15.8 Å². The van der Waals surface area contributed by atoms with Crippen LogP contribution < -0.4 is 11.1 Å². The largest absolute Gasteiger partial charge is 0.399 e. The third kappa shape index (κ3) is 2.46. The van der Waals surface area contributed by atoms with Gasteiger partial charge in [-0.05, 0) is 31.0 Å². The molecule has 1 aliphatic heterocycles. The summed E-state index contributed by atoms with van der Waals surface area (Å²) in [5, 5.41) is 3.19. The Labute approximate surface area is 98.7 Å². The summed E-state index contributed by atoms with van der Waals surface area (Å²) in [4.78, 5) is 11.7. The number of nitrogens with two attached hydrogens (primary N) is 1. The van der Waals surface area contributed by atoms with Gasteiger partial charge in [0.25, 0.3) is 5.91 Å². The average Bonchev–Trinajstić information content (AvgIpc) is 2.76. The summed E-state index contributed by atoms with van der Waals surface area (Å²) in [6, 6.07) is 4.97. The van der Waals surface area contributed by atoms with Crippen LogP contribution in [0.1, 0.15) is 12.8 Å². The second kappa shape index (κ2) is 4.72. The van der Waals surface area contributed by atoms with Crippen molar-refractivity contribution in [2.45, 2.75) is 18.9 Å². The van der Waals surface area contributed by atoms with Crippen LogP contribution in [0.5, 0.6) is 0 Å². The number of anilines is 2. The van der Waals surface area contributed by atoms with E-state index < -0.39 is 0 Å². The summed E-state index contributed by atoms with van der Waals surface area (Å²) in [6.07, 6.45) is 1.31. The van der Waals surface area contributed by atoms with Crippen molar-refractivity contribution in [1.29, 1.82) is 0 Å². The van der Waals surface area contributed by atoms with Crippen molar-refractivity contribution in [1.82, 2.24) is 0 Å². The first kappa shape index (κ1) is 11.2. The number of benzene rings is 1. The van der Waals surface area contributed by atoms with Crippen molar-refractivity contribution in [3.05, 3.63) is 23.2 Å². The Morgan fingerprint density at radius 2 is 2.38 bits per heavy atom. The molecule has 1 aliphatic rings. The molecule has 3 N–H and O–H groups in total. The van der Waals surface area contributed by atoms with E-state index in [1.165, 1.54) is 0 Å². The maximum absolute atomic E-state index is 11.7. The second-order valence-corrected chi connectivity index (χ2v) is 4.14. The molecule has 1 aromatic rings.